The van der Waals surface area contributed by atoms with Gasteiger partial charge in [0.25, 0.3) is 0 Å². The molecule has 0 atom stereocenters. The van der Waals surface area contributed by atoms with Crippen LogP contribution < -0.4 is 5.32 Å². The zero-order chi connectivity index (χ0) is 21.5. The highest BCUT2D eigenvalue weighted by molar-refractivity contribution is 5.79. The molecule has 31 heavy (non-hydrogen) atoms. The molecular formula is C26H32N4O. The molecule has 1 saturated heterocycles. The maximum Gasteiger partial charge on any atom is 0.223 e. The summed E-state index contributed by atoms with van der Waals surface area (Å²) in [5.41, 5.74) is 4.28. The third-order valence-electron chi connectivity index (χ3n) is 6.02. The van der Waals surface area contributed by atoms with Crippen LogP contribution >= 0.6 is 0 Å². The van der Waals surface area contributed by atoms with Crippen molar-refractivity contribution >= 4 is 5.91 Å². The molecule has 2 heterocycles. The van der Waals surface area contributed by atoms with Crippen molar-refractivity contribution < 1.29 is 4.79 Å². The van der Waals surface area contributed by atoms with Gasteiger partial charge in [-0.05, 0) is 44.5 Å². The molecule has 4 rings (SSSR count). The van der Waals surface area contributed by atoms with E-state index in [1.807, 2.05) is 41.1 Å². The van der Waals surface area contributed by atoms with Gasteiger partial charge in [-0.2, -0.15) is 5.10 Å². The molecule has 1 aliphatic rings. The van der Waals surface area contributed by atoms with Crippen molar-refractivity contribution in [2.75, 3.05) is 19.6 Å². The van der Waals surface area contributed by atoms with Crippen LogP contribution in [0.5, 0.6) is 0 Å². The summed E-state index contributed by atoms with van der Waals surface area (Å²) < 4.78 is 1.97. The number of nitrogens with one attached hydrogen (secondary N) is 1. The smallest absolute Gasteiger partial charge is 0.223 e. The predicted octanol–water partition coefficient (Wildman–Crippen LogP) is 4.34. The fourth-order valence-corrected chi connectivity index (χ4v) is 4.34. The number of likely N-dealkylation sites (tertiary alicyclic amines) is 1. The third-order valence-corrected chi connectivity index (χ3v) is 6.02. The second kappa shape index (κ2) is 10.4. The minimum atomic E-state index is 0.118. The Labute approximate surface area is 185 Å². The standard InChI is InChI=1S/C26H32N4O/c1-2-15-29-16-13-23(14-17-29)26(31)27-18-24-20-30(19-21-9-5-3-6-10-21)28-25(24)22-11-7-4-8-12-22/h3-12,20,23H,2,13-19H2,1H3,(H,27,31). The number of carbonyl (C=O) groups excluding carboxylic acids is 1. The average Bonchev–Trinajstić information content (AvgIpc) is 3.22. The molecule has 3 aromatic rings. The summed E-state index contributed by atoms with van der Waals surface area (Å²) >= 11 is 0. The van der Waals surface area contributed by atoms with Gasteiger partial charge in [0.1, 0.15) is 0 Å². The Morgan fingerprint density at radius 1 is 1.03 bits per heavy atom. The van der Waals surface area contributed by atoms with Gasteiger partial charge >= 0.3 is 0 Å². The normalized spacial score (nSPS) is 15.1. The zero-order valence-corrected chi connectivity index (χ0v) is 18.3. The molecule has 162 valence electrons. The van der Waals surface area contributed by atoms with Crippen molar-refractivity contribution in [1.29, 1.82) is 0 Å². The zero-order valence-electron chi connectivity index (χ0n) is 18.3. The molecule has 0 radical (unpaired) electrons. The molecule has 0 bridgehead atoms. The Kier molecular flexibility index (Phi) is 7.15. The summed E-state index contributed by atoms with van der Waals surface area (Å²) in [6, 6.07) is 20.5. The van der Waals surface area contributed by atoms with Crippen molar-refractivity contribution in [1.82, 2.24) is 20.0 Å². The predicted molar refractivity (Wildman–Crippen MR) is 125 cm³/mol. The molecule has 0 unspecified atom stereocenters. The fraction of sp³-hybridized carbons (Fsp3) is 0.385. The van der Waals surface area contributed by atoms with Crippen LogP contribution in [0.3, 0.4) is 0 Å². The van der Waals surface area contributed by atoms with Crippen molar-refractivity contribution in [3.63, 3.8) is 0 Å². The summed E-state index contributed by atoms with van der Waals surface area (Å²) in [6.45, 7) is 6.61. The Morgan fingerprint density at radius 2 is 1.71 bits per heavy atom. The third kappa shape index (κ3) is 5.61. The first kappa shape index (κ1) is 21.3. The van der Waals surface area contributed by atoms with E-state index in [0.29, 0.717) is 13.1 Å². The minimum absolute atomic E-state index is 0.118. The second-order valence-corrected chi connectivity index (χ2v) is 8.39. The summed E-state index contributed by atoms with van der Waals surface area (Å²) in [5, 5.41) is 8.05. The first-order valence-electron chi connectivity index (χ1n) is 11.4. The van der Waals surface area contributed by atoms with Gasteiger partial charge in [-0.3, -0.25) is 9.48 Å². The van der Waals surface area contributed by atoms with E-state index in [1.165, 1.54) is 12.0 Å². The van der Waals surface area contributed by atoms with E-state index in [2.05, 4.69) is 47.6 Å². The lowest BCUT2D eigenvalue weighted by Crippen LogP contribution is -2.40. The maximum atomic E-state index is 12.8. The first-order chi connectivity index (χ1) is 15.2. The quantitative estimate of drug-likeness (QED) is 0.594. The topological polar surface area (TPSA) is 50.2 Å². The first-order valence-corrected chi connectivity index (χ1v) is 11.4. The molecule has 2 aromatic carbocycles. The highest BCUT2D eigenvalue weighted by atomic mass is 16.1. The molecule has 1 fully saturated rings. The van der Waals surface area contributed by atoms with Crippen LogP contribution in [0.25, 0.3) is 11.3 Å². The largest absolute Gasteiger partial charge is 0.352 e. The summed E-state index contributed by atoms with van der Waals surface area (Å²) in [5.74, 6) is 0.290. The number of nitrogens with zero attached hydrogens (tertiary/aromatic N) is 3. The Bertz CT molecular complexity index is 960. The van der Waals surface area contributed by atoms with Crippen molar-refractivity contribution in [2.24, 2.45) is 5.92 Å². The molecule has 5 nitrogen and oxygen atoms in total. The molecule has 1 aliphatic heterocycles. The van der Waals surface area contributed by atoms with Crippen LogP contribution in [0, 0.1) is 5.92 Å². The van der Waals surface area contributed by atoms with E-state index in [1.54, 1.807) is 0 Å². The lowest BCUT2D eigenvalue weighted by molar-refractivity contribution is -0.126. The Morgan fingerprint density at radius 3 is 2.39 bits per heavy atom. The van der Waals surface area contributed by atoms with E-state index in [-0.39, 0.29) is 11.8 Å². The Balaban J connectivity index is 1.44. The highest BCUT2D eigenvalue weighted by Gasteiger charge is 2.24. The molecule has 1 amide bonds. The number of hydrogen-bond acceptors (Lipinski definition) is 3. The van der Waals surface area contributed by atoms with Gasteiger partial charge in [-0.15, -0.1) is 0 Å². The lowest BCUT2D eigenvalue weighted by Gasteiger charge is -2.30. The van der Waals surface area contributed by atoms with Crippen LogP contribution in [0.4, 0.5) is 0 Å². The molecule has 0 aliphatic carbocycles. The van der Waals surface area contributed by atoms with E-state index < -0.39 is 0 Å². The van der Waals surface area contributed by atoms with E-state index in [9.17, 15) is 4.79 Å². The molecule has 1 N–H and O–H groups in total. The number of benzene rings is 2. The van der Waals surface area contributed by atoms with Crippen LogP contribution in [0.1, 0.15) is 37.3 Å². The van der Waals surface area contributed by atoms with Gasteiger partial charge in [0.05, 0.1) is 12.2 Å². The summed E-state index contributed by atoms with van der Waals surface area (Å²) in [6.07, 6.45) is 5.14. The number of aromatic nitrogens is 2. The van der Waals surface area contributed by atoms with Crippen molar-refractivity contribution in [3.8, 4) is 11.3 Å². The van der Waals surface area contributed by atoms with E-state index >= 15 is 0 Å². The Hall–Kier alpha value is -2.92. The van der Waals surface area contributed by atoms with Gasteiger partial charge in [-0.1, -0.05) is 67.6 Å². The number of amides is 1. The fourth-order valence-electron chi connectivity index (χ4n) is 4.34. The van der Waals surface area contributed by atoms with E-state index in [0.717, 1.165) is 49.3 Å². The van der Waals surface area contributed by atoms with Gasteiger partial charge in [-0.25, -0.2) is 0 Å². The van der Waals surface area contributed by atoms with E-state index in [4.69, 9.17) is 5.10 Å². The number of carbonyl (C=O) groups is 1. The van der Waals surface area contributed by atoms with Crippen LogP contribution in [-0.4, -0.2) is 40.2 Å². The SMILES string of the molecule is CCCN1CCC(C(=O)NCc2cn(Cc3ccccc3)nc2-c2ccccc2)CC1. The monoisotopic (exact) mass is 416 g/mol. The van der Waals surface area contributed by atoms with Crippen molar-refractivity contribution in [3.05, 3.63) is 78.0 Å². The molecule has 5 heteroatoms. The van der Waals surface area contributed by atoms with Gasteiger partial charge < -0.3 is 10.2 Å². The summed E-state index contributed by atoms with van der Waals surface area (Å²) in [7, 11) is 0. The molecule has 1 aromatic heterocycles. The van der Waals surface area contributed by atoms with Crippen LogP contribution in [-0.2, 0) is 17.9 Å². The molecule has 0 saturated carbocycles. The van der Waals surface area contributed by atoms with Gasteiger partial charge in [0, 0.05) is 29.8 Å². The van der Waals surface area contributed by atoms with Gasteiger partial charge in [0.2, 0.25) is 5.91 Å². The van der Waals surface area contributed by atoms with Crippen molar-refractivity contribution in [2.45, 2.75) is 39.3 Å². The highest BCUT2D eigenvalue weighted by Crippen LogP contribution is 2.23. The lowest BCUT2D eigenvalue weighted by atomic mass is 9.95. The number of rotatable bonds is 8. The van der Waals surface area contributed by atoms with Gasteiger partial charge in [0.15, 0.2) is 0 Å². The number of piperidine rings is 1. The number of hydrogen-bond donors (Lipinski definition) is 1. The minimum Gasteiger partial charge on any atom is -0.352 e. The maximum absolute atomic E-state index is 12.8. The summed E-state index contributed by atoms with van der Waals surface area (Å²) in [4.78, 5) is 15.3. The average molecular weight is 417 g/mol. The molecule has 0 spiro atoms. The van der Waals surface area contributed by atoms with Crippen LogP contribution in [0.15, 0.2) is 66.9 Å². The molecular weight excluding hydrogens is 384 g/mol. The second-order valence-electron chi connectivity index (χ2n) is 8.39. The van der Waals surface area contributed by atoms with Crippen LogP contribution in [0.2, 0.25) is 0 Å².